The van der Waals surface area contributed by atoms with Crippen molar-refractivity contribution >= 4 is 17.8 Å². The van der Waals surface area contributed by atoms with Crippen molar-refractivity contribution in [3.8, 4) is 11.8 Å². The minimum absolute atomic E-state index is 0.0396. The van der Waals surface area contributed by atoms with Gasteiger partial charge in [-0.2, -0.15) is 5.26 Å². The number of nitriles is 1. The fourth-order valence-corrected chi connectivity index (χ4v) is 4.47. The molecule has 2 aliphatic heterocycles. The Labute approximate surface area is 194 Å². The zero-order valence-electron chi connectivity index (χ0n) is 19.6. The molecule has 178 valence electrons. The quantitative estimate of drug-likeness (QED) is 0.597. The molecule has 3 atom stereocenters. The molecule has 3 N–H and O–H groups in total. The van der Waals surface area contributed by atoms with Gasteiger partial charge in [0.1, 0.15) is 23.4 Å². The maximum atomic E-state index is 13.3. The average molecular weight is 457 g/mol. The Balaban J connectivity index is 2.01. The van der Waals surface area contributed by atoms with Gasteiger partial charge in [0.2, 0.25) is 11.8 Å². The predicted octanol–water partition coefficient (Wildman–Crippen LogP) is 1.79. The highest BCUT2D eigenvalue weighted by Gasteiger charge is 2.51. The van der Waals surface area contributed by atoms with Gasteiger partial charge in [-0.15, -0.1) is 0 Å². The number of carbonyl (C=O) groups excluding carboxylic acids is 3. The molecule has 2 aliphatic rings. The van der Waals surface area contributed by atoms with Crippen molar-refractivity contribution in [1.29, 1.82) is 5.26 Å². The molecule has 0 aliphatic carbocycles. The van der Waals surface area contributed by atoms with Gasteiger partial charge < -0.3 is 25.4 Å². The Kier molecular flexibility index (Phi) is 7.28. The van der Waals surface area contributed by atoms with Crippen LogP contribution in [-0.2, 0) is 19.1 Å². The van der Waals surface area contributed by atoms with Crippen LogP contribution in [0.25, 0.3) is 0 Å². The van der Waals surface area contributed by atoms with Gasteiger partial charge in [-0.25, -0.2) is 4.79 Å². The summed E-state index contributed by atoms with van der Waals surface area (Å²) in [5.41, 5.74) is 5.51. The van der Waals surface area contributed by atoms with Gasteiger partial charge in [-0.1, -0.05) is 13.8 Å². The molecule has 2 heterocycles. The number of amides is 2. The summed E-state index contributed by atoms with van der Waals surface area (Å²) < 4.78 is 12.2. The largest absolute Gasteiger partial charge is 0.484 e. The lowest BCUT2D eigenvalue weighted by Gasteiger charge is -2.47. The lowest BCUT2D eigenvalue weighted by atomic mass is 9.84. The molecule has 0 bridgehead atoms. The first kappa shape index (κ1) is 24.5. The normalized spacial score (nSPS) is 22.2. The van der Waals surface area contributed by atoms with Crippen LogP contribution >= 0.6 is 0 Å². The molecule has 1 saturated heterocycles. The van der Waals surface area contributed by atoms with Crippen molar-refractivity contribution in [2.24, 2.45) is 11.7 Å². The van der Waals surface area contributed by atoms with E-state index in [9.17, 15) is 19.6 Å². The predicted molar refractivity (Wildman–Crippen MR) is 120 cm³/mol. The number of ether oxygens (including phenoxy) is 2. The number of likely N-dealkylation sites (tertiary alicyclic amines) is 1. The second kappa shape index (κ2) is 9.79. The van der Waals surface area contributed by atoms with Gasteiger partial charge in [0.05, 0.1) is 18.2 Å². The molecule has 9 heteroatoms. The van der Waals surface area contributed by atoms with Crippen LogP contribution in [0.2, 0.25) is 0 Å². The highest BCUT2D eigenvalue weighted by atomic mass is 16.6. The standard InChI is InChI=1S/C24H32N4O5/c1-14(2)10-17(27-19(29)13-26)23(31)32-22-21(28-9-5-6-20(28)30)16-11-15(12-25)7-8-18(16)33-24(22,3)4/h7-8,11,14,17,21-22H,5-6,9-10,13,26H2,1-4H3,(H,27,29)/t17-,21-,22+/m1/s1. The Morgan fingerprint density at radius 1 is 1.39 bits per heavy atom. The summed E-state index contributed by atoms with van der Waals surface area (Å²) in [6.07, 6.45) is 0.639. The van der Waals surface area contributed by atoms with Gasteiger partial charge in [0, 0.05) is 18.5 Å². The number of nitrogens with zero attached hydrogens (tertiary/aromatic N) is 2. The second-order valence-corrected chi connectivity index (χ2v) is 9.52. The molecule has 1 aromatic carbocycles. The summed E-state index contributed by atoms with van der Waals surface area (Å²) in [6.45, 7) is 7.76. The Morgan fingerprint density at radius 2 is 2.12 bits per heavy atom. The average Bonchev–Trinajstić information content (AvgIpc) is 3.18. The van der Waals surface area contributed by atoms with E-state index in [0.29, 0.717) is 42.7 Å². The van der Waals surface area contributed by atoms with Crippen LogP contribution in [0.4, 0.5) is 0 Å². The van der Waals surface area contributed by atoms with Gasteiger partial charge in [0.15, 0.2) is 6.10 Å². The molecule has 0 saturated carbocycles. The maximum absolute atomic E-state index is 13.3. The van der Waals surface area contributed by atoms with Crippen LogP contribution < -0.4 is 15.8 Å². The number of rotatable bonds is 7. The van der Waals surface area contributed by atoms with Crippen LogP contribution in [0.1, 0.15) is 64.1 Å². The van der Waals surface area contributed by atoms with Crippen molar-refractivity contribution in [3.05, 3.63) is 29.3 Å². The number of benzene rings is 1. The highest BCUT2D eigenvalue weighted by molar-refractivity contribution is 5.85. The van der Waals surface area contributed by atoms with E-state index in [1.165, 1.54) is 0 Å². The molecule has 9 nitrogen and oxygen atoms in total. The van der Waals surface area contributed by atoms with Crippen molar-refractivity contribution < 1.29 is 23.9 Å². The summed E-state index contributed by atoms with van der Waals surface area (Å²) in [5, 5.41) is 12.1. The number of hydrogen-bond donors (Lipinski definition) is 2. The minimum Gasteiger partial charge on any atom is -0.484 e. The molecule has 0 spiro atoms. The van der Waals surface area contributed by atoms with Crippen molar-refractivity contribution in [3.63, 3.8) is 0 Å². The third-order valence-corrected chi connectivity index (χ3v) is 6.00. The Bertz CT molecular complexity index is 968. The molecule has 0 aromatic heterocycles. The summed E-state index contributed by atoms with van der Waals surface area (Å²) in [6, 6.07) is 5.69. The summed E-state index contributed by atoms with van der Waals surface area (Å²) in [7, 11) is 0. The van der Waals surface area contributed by atoms with E-state index in [0.717, 1.165) is 0 Å². The van der Waals surface area contributed by atoms with Crippen LogP contribution in [0.15, 0.2) is 18.2 Å². The number of esters is 1. The van der Waals surface area contributed by atoms with Gasteiger partial charge in [0.25, 0.3) is 0 Å². The van der Waals surface area contributed by atoms with E-state index in [-0.39, 0.29) is 18.4 Å². The van der Waals surface area contributed by atoms with E-state index < -0.39 is 35.7 Å². The van der Waals surface area contributed by atoms with Crippen LogP contribution in [0, 0.1) is 17.2 Å². The zero-order chi connectivity index (χ0) is 24.3. The van der Waals surface area contributed by atoms with E-state index in [2.05, 4.69) is 11.4 Å². The van der Waals surface area contributed by atoms with Crippen molar-refractivity contribution in [1.82, 2.24) is 10.2 Å². The van der Waals surface area contributed by atoms with Crippen molar-refractivity contribution in [2.45, 2.75) is 70.7 Å². The smallest absolute Gasteiger partial charge is 0.329 e. The van der Waals surface area contributed by atoms with Gasteiger partial charge in [-0.05, 0) is 50.8 Å². The van der Waals surface area contributed by atoms with Crippen LogP contribution in [-0.4, -0.2) is 53.5 Å². The third kappa shape index (κ3) is 5.28. The molecular weight excluding hydrogens is 424 g/mol. The fourth-order valence-electron chi connectivity index (χ4n) is 4.47. The third-order valence-electron chi connectivity index (χ3n) is 6.00. The fraction of sp³-hybridized carbons (Fsp3) is 0.583. The molecule has 1 aromatic rings. The van der Waals surface area contributed by atoms with Crippen LogP contribution in [0.5, 0.6) is 5.75 Å². The molecular formula is C24H32N4O5. The van der Waals surface area contributed by atoms with Gasteiger partial charge in [-0.3, -0.25) is 9.59 Å². The first-order valence-electron chi connectivity index (χ1n) is 11.3. The Morgan fingerprint density at radius 3 is 2.70 bits per heavy atom. The molecule has 0 unspecified atom stereocenters. The lowest BCUT2D eigenvalue weighted by Crippen LogP contribution is -2.57. The van der Waals surface area contributed by atoms with Crippen LogP contribution in [0.3, 0.4) is 0 Å². The minimum atomic E-state index is -0.968. The molecule has 33 heavy (non-hydrogen) atoms. The number of nitrogens with two attached hydrogens (primary N) is 1. The van der Waals surface area contributed by atoms with E-state index in [1.54, 1.807) is 36.9 Å². The number of hydrogen-bond acceptors (Lipinski definition) is 7. The summed E-state index contributed by atoms with van der Waals surface area (Å²) in [5.74, 6) is -0.435. The first-order valence-corrected chi connectivity index (χ1v) is 11.3. The molecule has 2 amide bonds. The van der Waals surface area contributed by atoms with Gasteiger partial charge >= 0.3 is 5.97 Å². The number of fused-ring (bicyclic) bond motifs is 1. The van der Waals surface area contributed by atoms with Crippen molar-refractivity contribution in [2.75, 3.05) is 13.1 Å². The molecule has 1 fully saturated rings. The zero-order valence-corrected chi connectivity index (χ0v) is 19.6. The topological polar surface area (TPSA) is 135 Å². The monoisotopic (exact) mass is 456 g/mol. The second-order valence-electron chi connectivity index (χ2n) is 9.52. The molecule has 3 rings (SSSR count). The maximum Gasteiger partial charge on any atom is 0.329 e. The summed E-state index contributed by atoms with van der Waals surface area (Å²) in [4.78, 5) is 39.7. The Hall–Kier alpha value is -3.12. The number of carbonyl (C=O) groups is 3. The highest BCUT2D eigenvalue weighted by Crippen LogP contribution is 2.46. The SMILES string of the molecule is CC(C)C[C@@H](NC(=O)CN)C(=O)O[C@H]1[C@H](N2CCCC2=O)c2cc(C#N)ccc2OC1(C)C. The van der Waals surface area contributed by atoms with E-state index in [1.807, 2.05) is 13.8 Å². The molecule has 0 radical (unpaired) electrons. The first-order chi connectivity index (χ1) is 15.6. The number of nitrogens with one attached hydrogen (secondary N) is 1. The van der Waals surface area contributed by atoms with E-state index >= 15 is 0 Å². The van der Waals surface area contributed by atoms with E-state index in [4.69, 9.17) is 15.2 Å². The summed E-state index contributed by atoms with van der Waals surface area (Å²) >= 11 is 0. The lowest BCUT2D eigenvalue weighted by molar-refractivity contribution is -0.176.